The van der Waals surface area contributed by atoms with Crippen LogP contribution in [0.3, 0.4) is 0 Å². The molecule has 0 aliphatic carbocycles. The normalized spacial score (nSPS) is 11.0. The second kappa shape index (κ2) is 4.59. The zero-order valence-corrected chi connectivity index (χ0v) is 10.3. The SMILES string of the molecule is N#Cc1cc(C(F)(F)F)c(I)cc1C(=O)Cl. The minimum absolute atomic E-state index is 0.173. The molecule has 0 aromatic heterocycles. The van der Waals surface area contributed by atoms with Gasteiger partial charge in [-0.2, -0.15) is 18.4 Å². The van der Waals surface area contributed by atoms with Crippen LogP contribution < -0.4 is 0 Å². The summed E-state index contributed by atoms with van der Waals surface area (Å²) in [6, 6.07) is 3.09. The van der Waals surface area contributed by atoms with Crippen molar-refractivity contribution >= 4 is 39.4 Å². The average molecular weight is 359 g/mol. The first kappa shape index (κ1) is 13.3. The van der Waals surface area contributed by atoms with Gasteiger partial charge in [-0.15, -0.1) is 0 Å². The summed E-state index contributed by atoms with van der Waals surface area (Å²) in [6.07, 6.45) is -4.56. The van der Waals surface area contributed by atoms with Crippen molar-refractivity contribution in [2.45, 2.75) is 6.18 Å². The van der Waals surface area contributed by atoms with Gasteiger partial charge in [0, 0.05) is 3.57 Å². The van der Waals surface area contributed by atoms with E-state index in [4.69, 9.17) is 16.9 Å². The van der Waals surface area contributed by atoms with E-state index < -0.39 is 17.0 Å². The van der Waals surface area contributed by atoms with Crippen molar-refractivity contribution in [1.29, 1.82) is 5.26 Å². The Morgan fingerprint density at radius 1 is 1.44 bits per heavy atom. The van der Waals surface area contributed by atoms with Crippen LogP contribution in [0.2, 0.25) is 0 Å². The fourth-order valence-electron chi connectivity index (χ4n) is 1.05. The molecule has 0 aliphatic rings. The van der Waals surface area contributed by atoms with Crippen molar-refractivity contribution in [1.82, 2.24) is 0 Å². The summed E-state index contributed by atoms with van der Waals surface area (Å²) in [4.78, 5) is 10.9. The highest BCUT2D eigenvalue weighted by molar-refractivity contribution is 14.1. The zero-order valence-electron chi connectivity index (χ0n) is 7.40. The van der Waals surface area contributed by atoms with Gasteiger partial charge in [0.05, 0.1) is 22.8 Å². The lowest BCUT2D eigenvalue weighted by molar-refractivity contribution is -0.138. The van der Waals surface area contributed by atoms with Gasteiger partial charge in [0.15, 0.2) is 0 Å². The molecule has 0 amide bonds. The van der Waals surface area contributed by atoms with Crippen LogP contribution in [0.5, 0.6) is 0 Å². The van der Waals surface area contributed by atoms with Crippen LogP contribution in [0.4, 0.5) is 13.2 Å². The predicted molar refractivity (Wildman–Crippen MR) is 59.1 cm³/mol. The number of rotatable bonds is 1. The summed E-state index contributed by atoms with van der Waals surface area (Å²) < 4.78 is 37.2. The van der Waals surface area contributed by atoms with Crippen molar-refractivity contribution < 1.29 is 18.0 Å². The summed E-state index contributed by atoms with van der Waals surface area (Å²) in [5, 5.41) is 7.66. The van der Waals surface area contributed by atoms with Gasteiger partial charge in [0.1, 0.15) is 0 Å². The summed E-state index contributed by atoms with van der Waals surface area (Å²) in [5.74, 6) is 0. The molecule has 2 nitrogen and oxygen atoms in total. The van der Waals surface area contributed by atoms with Crippen LogP contribution in [0.25, 0.3) is 0 Å². The maximum atomic E-state index is 12.5. The lowest BCUT2D eigenvalue weighted by atomic mass is 10.1. The molecular formula is C9H2ClF3INO. The van der Waals surface area contributed by atoms with Crippen LogP contribution in [0.1, 0.15) is 21.5 Å². The molecule has 0 spiro atoms. The highest BCUT2D eigenvalue weighted by Gasteiger charge is 2.34. The number of carbonyl (C=O) groups excluding carboxylic acids is 1. The molecule has 84 valence electrons. The molecule has 0 unspecified atom stereocenters. The Balaban J connectivity index is 3.51. The quantitative estimate of drug-likeness (QED) is 0.568. The van der Waals surface area contributed by atoms with Gasteiger partial charge >= 0.3 is 6.18 Å². The highest BCUT2D eigenvalue weighted by Crippen LogP contribution is 2.34. The van der Waals surface area contributed by atoms with E-state index in [-0.39, 0.29) is 14.7 Å². The van der Waals surface area contributed by atoms with Gasteiger partial charge in [-0.05, 0) is 46.3 Å². The third-order valence-electron chi connectivity index (χ3n) is 1.74. The molecular weight excluding hydrogens is 357 g/mol. The van der Waals surface area contributed by atoms with Crippen molar-refractivity contribution in [3.8, 4) is 6.07 Å². The Bertz CT molecular complexity index is 493. The Labute approximate surface area is 107 Å². The molecule has 0 heterocycles. The Hall–Kier alpha value is -0.810. The van der Waals surface area contributed by atoms with Crippen molar-refractivity contribution in [2.75, 3.05) is 0 Å². The van der Waals surface area contributed by atoms with Crippen molar-refractivity contribution in [2.24, 2.45) is 0 Å². The van der Waals surface area contributed by atoms with E-state index in [1.165, 1.54) is 28.7 Å². The third kappa shape index (κ3) is 2.65. The number of carbonyl (C=O) groups is 1. The van der Waals surface area contributed by atoms with Gasteiger partial charge in [-0.1, -0.05) is 0 Å². The Kier molecular flexibility index (Phi) is 3.80. The molecule has 1 rings (SSSR count). The predicted octanol–water partition coefficient (Wildman–Crippen LogP) is 3.56. The van der Waals surface area contributed by atoms with Gasteiger partial charge in [-0.25, -0.2) is 0 Å². The lowest BCUT2D eigenvalue weighted by Crippen LogP contribution is -2.10. The van der Waals surface area contributed by atoms with Crippen molar-refractivity contribution in [3.63, 3.8) is 0 Å². The first-order chi connectivity index (χ1) is 7.27. The molecule has 1 aromatic rings. The molecule has 0 radical (unpaired) electrons. The van der Waals surface area contributed by atoms with E-state index in [1.54, 1.807) is 0 Å². The fraction of sp³-hybridized carbons (Fsp3) is 0.111. The smallest absolute Gasteiger partial charge is 0.276 e. The van der Waals surface area contributed by atoms with Crippen LogP contribution in [-0.4, -0.2) is 5.24 Å². The number of hydrogen-bond donors (Lipinski definition) is 0. The maximum Gasteiger partial charge on any atom is 0.417 e. The van der Waals surface area contributed by atoms with Gasteiger partial charge < -0.3 is 0 Å². The Morgan fingerprint density at radius 3 is 2.38 bits per heavy atom. The van der Waals surface area contributed by atoms with Crippen molar-refractivity contribution in [3.05, 3.63) is 32.4 Å². The fourth-order valence-corrected chi connectivity index (χ4v) is 1.97. The van der Waals surface area contributed by atoms with E-state index in [0.717, 1.165) is 6.07 Å². The topological polar surface area (TPSA) is 40.9 Å². The molecule has 7 heteroatoms. The van der Waals surface area contributed by atoms with Crippen LogP contribution in [-0.2, 0) is 6.18 Å². The van der Waals surface area contributed by atoms with E-state index >= 15 is 0 Å². The molecule has 0 N–H and O–H groups in total. The van der Waals surface area contributed by atoms with Crippen LogP contribution >= 0.6 is 34.2 Å². The monoisotopic (exact) mass is 359 g/mol. The number of alkyl halides is 3. The number of benzene rings is 1. The van der Waals surface area contributed by atoms with E-state index in [0.29, 0.717) is 6.07 Å². The van der Waals surface area contributed by atoms with Gasteiger partial charge in [0.25, 0.3) is 5.24 Å². The summed E-state index contributed by atoms with van der Waals surface area (Å²) in [6.45, 7) is 0. The van der Waals surface area contributed by atoms with E-state index in [1.807, 2.05) is 0 Å². The van der Waals surface area contributed by atoms with Crippen LogP contribution in [0.15, 0.2) is 12.1 Å². The molecule has 16 heavy (non-hydrogen) atoms. The van der Waals surface area contributed by atoms with Gasteiger partial charge in [-0.3, -0.25) is 4.79 Å². The molecule has 1 aromatic carbocycles. The average Bonchev–Trinajstić information content (AvgIpc) is 2.15. The molecule has 0 bridgehead atoms. The summed E-state index contributed by atoms with van der Waals surface area (Å²) >= 11 is 6.59. The highest BCUT2D eigenvalue weighted by atomic mass is 127. The molecule has 0 fully saturated rings. The molecule has 0 atom stereocenters. The third-order valence-corrected chi connectivity index (χ3v) is 2.84. The maximum absolute atomic E-state index is 12.5. The molecule has 0 saturated heterocycles. The van der Waals surface area contributed by atoms with Crippen LogP contribution in [0, 0.1) is 14.9 Å². The number of halogens is 5. The molecule has 0 aliphatic heterocycles. The number of nitrogens with zero attached hydrogens (tertiary/aromatic N) is 1. The second-order valence-corrected chi connectivity index (χ2v) is 4.27. The number of nitriles is 1. The zero-order chi connectivity index (χ0) is 12.5. The Morgan fingerprint density at radius 2 is 2.00 bits per heavy atom. The summed E-state index contributed by atoms with van der Waals surface area (Å²) in [7, 11) is 0. The first-order valence-electron chi connectivity index (χ1n) is 3.78. The van der Waals surface area contributed by atoms with Gasteiger partial charge in [0.2, 0.25) is 0 Å². The molecule has 0 saturated carbocycles. The standard InChI is InChI=1S/C9H2ClF3INO/c10-8(16)5-2-7(14)6(9(11,12)13)1-4(5)3-15/h1-2H. The summed E-state index contributed by atoms with van der Waals surface area (Å²) in [5.41, 5.74) is -1.55. The minimum atomic E-state index is -4.56. The number of hydrogen-bond acceptors (Lipinski definition) is 2. The minimum Gasteiger partial charge on any atom is -0.276 e. The van der Waals surface area contributed by atoms with E-state index in [2.05, 4.69) is 0 Å². The second-order valence-electron chi connectivity index (χ2n) is 2.76. The van der Waals surface area contributed by atoms with E-state index in [9.17, 15) is 18.0 Å². The largest absolute Gasteiger partial charge is 0.417 e. The first-order valence-corrected chi connectivity index (χ1v) is 5.23. The lowest BCUT2D eigenvalue weighted by Gasteiger charge is -2.10.